The van der Waals surface area contributed by atoms with Crippen molar-refractivity contribution < 1.29 is 27.3 Å². The van der Waals surface area contributed by atoms with Crippen LogP contribution in [0, 0.1) is 6.92 Å². The second-order valence-corrected chi connectivity index (χ2v) is 9.00. The van der Waals surface area contributed by atoms with Crippen LogP contribution >= 0.6 is 0 Å². The standard InChI is InChI=1S/C21H24F3N3O2S.CH4O/c1-14-4-6-19(10-17(14)8-9-28)30(29)27-13-15(2)26(12-16(27)3)20-7-5-18(11-25-20)21(22,23)24;1-2/h4-7,9-11,15-16H,8,12-13H2,1-3H3;2H,1H3. The summed E-state index contributed by atoms with van der Waals surface area (Å²) in [6, 6.07) is 7.69. The molecule has 176 valence electrons. The fourth-order valence-electron chi connectivity index (χ4n) is 3.57. The molecule has 3 rings (SSSR count). The average Bonchev–Trinajstić information content (AvgIpc) is 2.77. The number of carbonyl (C=O) groups is 1. The number of carbonyl (C=O) groups excluding carboxylic acids is 1. The third-order valence-electron chi connectivity index (χ3n) is 5.34. The molecule has 0 amide bonds. The molecule has 10 heteroatoms. The van der Waals surface area contributed by atoms with Crippen molar-refractivity contribution in [3.63, 3.8) is 0 Å². The monoisotopic (exact) mass is 471 g/mol. The van der Waals surface area contributed by atoms with Crippen molar-refractivity contribution in [2.75, 3.05) is 25.1 Å². The number of alkyl halides is 3. The first-order chi connectivity index (χ1) is 15.1. The Morgan fingerprint density at radius 3 is 2.41 bits per heavy atom. The minimum absolute atomic E-state index is 0.0886. The lowest BCUT2D eigenvalue weighted by atomic mass is 10.1. The van der Waals surface area contributed by atoms with Gasteiger partial charge in [0.15, 0.2) is 0 Å². The SMILES string of the molecule is CO.Cc1ccc(S(=O)N2CC(C)N(c3ccc(C(F)(F)F)cn3)CC2C)cc1CC=O. The van der Waals surface area contributed by atoms with Gasteiger partial charge in [-0.3, -0.25) is 0 Å². The number of aromatic nitrogens is 1. The van der Waals surface area contributed by atoms with Gasteiger partial charge in [-0.2, -0.15) is 13.2 Å². The number of hydrogen-bond acceptors (Lipinski definition) is 5. The van der Waals surface area contributed by atoms with Gasteiger partial charge in [-0.1, -0.05) is 6.07 Å². The zero-order valence-corrected chi connectivity index (χ0v) is 19.3. The van der Waals surface area contributed by atoms with Gasteiger partial charge in [0.25, 0.3) is 0 Å². The largest absolute Gasteiger partial charge is 0.417 e. The van der Waals surface area contributed by atoms with Gasteiger partial charge >= 0.3 is 6.18 Å². The molecule has 0 radical (unpaired) electrons. The van der Waals surface area contributed by atoms with Crippen molar-refractivity contribution in [3.8, 4) is 0 Å². The number of anilines is 1. The molecule has 32 heavy (non-hydrogen) atoms. The van der Waals surface area contributed by atoms with E-state index in [0.29, 0.717) is 23.8 Å². The smallest absolute Gasteiger partial charge is 0.400 e. The van der Waals surface area contributed by atoms with E-state index < -0.39 is 22.7 Å². The summed E-state index contributed by atoms with van der Waals surface area (Å²) >= 11 is 0. The van der Waals surface area contributed by atoms with E-state index in [1.807, 2.05) is 36.0 Å². The van der Waals surface area contributed by atoms with Gasteiger partial charge in [-0.25, -0.2) is 13.5 Å². The van der Waals surface area contributed by atoms with E-state index in [2.05, 4.69) is 4.98 Å². The molecule has 2 heterocycles. The summed E-state index contributed by atoms with van der Waals surface area (Å²) < 4.78 is 53.5. The van der Waals surface area contributed by atoms with E-state index in [1.165, 1.54) is 6.07 Å². The van der Waals surface area contributed by atoms with Crippen molar-refractivity contribution in [2.45, 2.75) is 50.3 Å². The van der Waals surface area contributed by atoms with E-state index in [1.54, 1.807) is 12.1 Å². The van der Waals surface area contributed by atoms with Crippen LogP contribution in [-0.4, -0.2) is 57.2 Å². The second kappa shape index (κ2) is 11.0. The highest BCUT2D eigenvalue weighted by atomic mass is 32.2. The lowest BCUT2D eigenvalue weighted by Crippen LogP contribution is -2.57. The highest BCUT2D eigenvalue weighted by molar-refractivity contribution is 7.82. The first kappa shape index (κ1) is 26.0. The summed E-state index contributed by atoms with van der Waals surface area (Å²) in [5, 5.41) is 7.00. The summed E-state index contributed by atoms with van der Waals surface area (Å²) in [6.45, 7) is 6.72. The van der Waals surface area contributed by atoms with Gasteiger partial charge in [-0.05, 0) is 56.2 Å². The van der Waals surface area contributed by atoms with E-state index in [9.17, 15) is 22.2 Å². The molecule has 0 spiro atoms. The Balaban J connectivity index is 0.00000176. The van der Waals surface area contributed by atoms with E-state index in [-0.39, 0.29) is 18.5 Å². The molecule has 6 nitrogen and oxygen atoms in total. The lowest BCUT2D eigenvalue weighted by molar-refractivity contribution is -0.137. The molecule has 1 aromatic carbocycles. The van der Waals surface area contributed by atoms with Crippen molar-refractivity contribution in [1.29, 1.82) is 0 Å². The zero-order valence-electron chi connectivity index (χ0n) is 18.5. The predicted octanol–water partition coefficient (Wildman–Crippen LogP) is 3.38. The zero-order chi connectivity index (χ0) is 24.1. The number of aldehydes is 1. The third kappa shape index (κ3) is 5.93. The molecular weight excluding hydrogens is 443 g/mol. The normalized spacial score (nSPS) is 20.3. The number of rotatable bonds is 5. The number of aliphatic hydroxyl groups excluding tert-OH is 1. The summed E-state index contributed by atoms with van der Waals surface area (Å²) in [7, 11) is -0.408. The van der Waals surface area contributed by atoms with Gasteiger partial charge in [0.05, 0.1) is 10.5 Å². The van der Waals surface area contributed by atoms with Crippen LogP contribution in [0.5, 0.6) is 0 Å². The molecule has 1 aromatic heterocycles. The Hall–Kier alpha value is -2.30. The summed E-state index contributed by atoms with van der Waals surface area (Å²) in [4.78, 5) is 17.5. The topological polar surface area (TPSA) is 73.7 Å². The number of halogens is 3. The molecule has 1 aliphatic heterocycles. The Morgan fingerprint density at radius 1 is 1.16 bits per heavy atom. The summed E-state index contributed by atoms with van der Waals surface area (Å²) in [5.74, 6) is 0.469. The van der Waals surface area contributed by atoms with Crippen LogP contribution in [0.1, 0.15) is 30.5 Å². The summed E-state index contributed by atoms with van der Waals surface area (Å²) in [6.07, 6.45) is -2.47. The predicted molar refractivity (Wildman–Crippen MR) is 118 cm³/mol. The molecule has 2 aromatic rings. The number of hydrogen-bond donors (Lipinski definition) is 1. The van der Waals surface area contributed by atoms with Crippen LogP contribution in [0.2, 0.25) is 0 Å². The Morgan fingerprint density at radius 2 is 1.84 bits per heavy atom. The number of aliphatic hydroxyl groups is 1. The number of pyridine rings is 1. The Labute approximate surface area is 188 Å². The van der Waals surface area contributed by atoms with Crippen LogP contribution in [0.4, 0.5) is 19.0 Å². The van der Waals surface area contributed by atoms with Gasteiger partial charge in [0.1, 0.15) is 23.1 Å². The Bertz CT molecular complexity index is 938. The summed E-state index contributed by atoms with van der Waals surface area (Å²) in [5.41, 5.74) is 1.05. The molecular formula is C22H28F3N3O3S. The maximum atomic E-state index is 13.2. The molecule has 1 fully saturated rings. The fraction of sp³-hybridized carbons (Fsp3) is 0.455. The van der Waals surface area contributed by atoms with E-state index >= 15 is 0 Å². The Kier molecular flexibility index (Phi) is 8.94. The van der Waals surface area contributed by atoms with E-state index in [0.717, 1.165) is 36.8 Å². The fourth-order valence-corrected chi connectivity index (χ4v) is 5.01. The van der Waals surface area contributed by atoms with Gasteiger partial charge in [0, 0.05) is 44.9 Å². The number of aryl methyl sites for hydroxylation is 1. The molecule has 0 aliphatic carbocycles. The molecule has 1 aliphatic rings. The number of piperazine rings is 1. The first-order valence-corrected chi connectivity index (χ1v) is 11.2. The molecule has 1 saturated heterocycles. The molecule has 0 bridgehead atoms. The minimum Gasteiger partial charge on any atom is -0.400 e. The maximum Gasteiger partial charge on any atom is 0.417 e. The van der Waals surface area contributed by atoms with Crippen LogP contribution in [0.3, 0.4) is 0 Å². The highest BCUT2D eigenvalue weighted by Crippen LogP contribution is 2.31. The first-order valence-electron chi connectivity index (χ1n) is 10.1. The molecule has 3 atom stereocenters. The maximum absolute atomic E-state index is 13.2. The number of nitrogens with zero attached hydrogens (tertiary/aromatic N) is 3. The minimum atomic E-state index is -4.42. The lowest BCUT2D eigenvalue weighted by Gasteiger charge is -2.43. The van der Waals surface area contributed by atoms with Crippen molar-refractivity contribution in [3.05, 3.63) is 53.2 Å². The molecule has 0 saturated carbocycles. The van der Waals surface area contributed by atoms with Crippen LogP contribution in [0.15, 0.2) is 41.4 Å². The van der Waals surface area contributed by atoms with Crippen LogP contribution in [-0.2, 0) is 28.4 Å². The van der Waals surface area contributed by atoms with Crippen LogP contribution < -0.4 is 4.90 Å². The third-order valence-corrected chi connectivity index (χ3v) is 6.93. The highest BCUT2D eigenvalue weighted by Gasteiger charge is 2.35. The van der Waals surface area contributed by atoms with Gasteiger partial charge in [-0.15, -0.1) is 0 Å². The second-order valence-electron chi connectivity index (χ2n) is 7.56. The van der Waals surface area contributed by atoms with Crippen molar-refractivity contribution >= 4 is 23.1 Å². The van der Waals surface area contributed by atoms with Crippen molar-refractivity contribution in [2.24, 2.45) is 0 Å². The van der Waals surface area contributed by atoms with E-state index in [4.69, 9.17) is 5.11 Å². The molecule has 3 unspecified atom stereocenters. The number of benzene rings is 1. The molecule has 1 N–H and O–H groups in total. The van der Waals surface area contributed by atoms with Crippen molar-refractivity contribution in [1.82, 2.24) is 9.29 Å². The average molecular weight is 472 g/mol. The van der Waals surface area contributed by atoms with Gasteiger partial charge in [0.2, 0.25) is 0 Å². The van der Waals surface area contributed by atoms with Gasteiger partial charge < -0.3 is 14.8 Å². The quantitative estimate of drug-likeness (QED) is 0.677. The van der Waals surface area contributed by atoms with Crippen LogP contribution in [0.25, 0.3) is 0 Å².